The number of likely N-dealkylation sites (N-methyl/N-ethyl adjacent to an activating group) is 1. The van der Waals surface area contributed by atoms with Crippen LogP contribution in [0.15, 0.2) is 24.3 Å². The van der Waals surface area contributed by atoms with Crippen LogP contribution in [0, 0.1) is 5.92 Å². The highest BCUT2D eigenvalue weighted by Crippen LogP contribution is 2.24. The van der Waals surface area contributed by atoms with Crippen LogP contribution in [0.1, 0.15) is 50.8 Å². The van der Waals surface area contributed by atoms with Crippen LogP contribution in [-0.2, 0) is 14.4 Å². The fourth-order valence-corrected chi connectivity index (χ4v) is 2.84. The van der Waals surface area contributed by atoms with Gasteiger partial charge in [0.25, 0.3) is 0 Å². The van der Waals surface area contributed by atoms with E-state index in [-0.39, 0.29) is 12.0 Å². The van der Waals surface area contributed by atoms with E-state index in [0.717, 1.165) is 5.56 Å². The molecule has 0 spiro atoms. The average Bonchev–Trinajstić information content (AvgIpc) is 2.77. The second kappa shape index (κ2) is 7.68. The Morgan fingerprint density at radius 1 is 0.962 bits per heavy atom. The van der Waals surface area contributed by atoms with Gasteiger partial charge in [-0.3, -0.25) is 19.3 Å². The lowest BCUT2D eigenvalue weighted by molar-refractivity contribution is -0.143. The largest absolute Gasteiger partial charge is 0.347 e. The highest BCUT2D eigenvalue weighted by Gasteiger charge is 2.43. The number of benzene rings is 1. The molecule has 7 heteroatoms. The molecular weight excluding hydrogens is 334 g/mol. The van der Waals surface area contributed by atoms with Crippen LogP contribution in [0.5, 0.6) is 0 Å². The quantitative estimate of drug-likeness (QED) is 0.622. The van der Waals surface area contributed by atoms with Gasteiger partial charge in [0.1, 0.15) is 6.54 Å². The van der Waals surface area contributed by atoms with Crippen molar-refractivity contribution in [3.63, 3.8) is 0 Å². The number of amides is 5. The number of urea groups is 1. The molecule has 1 aliphatic heterocycles. The normalized spacial score (nSPS) is 16.0. The zero-order chi connectivity index (χ0) is 19.6. The molecule has 1 atom stereocenters. The first-order valence-corrected chi connectivity index (χ1v) is 8.66. The van der Waals surface area contributed by atoms with Gasteiger partial charge in [-0.15, -0.1) is 0 Å². The van der Waals surface area contributed by atoms with Gasteiger partial charge in [0.05, 0.1) is 6.04 Å². The number of carbonyl (C=O) groups excluding carboxylic acids is 4. The third-order valence-corrected chi connectivity index (χ3v) is 4.50. The maximum absolute atomic E-state index is 12.4. The summed E-state index contributed by atoms with van der Waals surface area (Å²) in [6.07, 6.45) is 0. The van der Waals surface area contributed by atoms with Crippen LogP contribution in [0.4, 0.5) is 4.79 Å². The number of imide groups is 2. The third kappa shape index (κ3) is 3.92. The van der Waals surface area contributed by atoms with E-state index < -0.39 is 30.3 Å². The molecule has 0 bridgehead atoms. The number of nitrogens with zero attached hydrogens (tertiary/aromatic N) is 2. The summed E-state index contributed by atoms with van der Waals surface area (Å²) in [5, 5.41) is 2.86. The lowest BCUT2D eigenvalue weighted by Crippen LogP contribution is -2.43. The van der Waals surface area contributed by atoms with Crippen molar-refractivity contribution in [2.75, 3.05) is 13.6 Å². The Kier molecular flexibility index (Phi) is 5.79. The Balaban J connectivity index is 2.10. The molecule has 1 saturated heterocycles. The highest BCUT2D eigenvalue weighted by molar-refractivity contribution is 6.44. The second-order valence-electron chi connectivity index (χ2n) is 7.15. The first-order chi connectivity index (χ1) is 12.1. The van der Waals surface area contributed by atoms with Gasteiger partial charge in [0.2, 0.25) is 5.91 Å². The number of rotatable bonds is 6. The summed E-state index contributed by atoms with van der Waals surface area (Å²) in [4.78, 5) is 48.9. The fraction of sp³-hybridized carbons (Fsp3) is 0.474. The maximum Gasteiger partial charge on any atom is 0.334 e. The average molecular weight is 359 g/mol. The Hall–Kier alpha value is -2.70. The Morgan fingerprint density at radius 2 is 1.50 bits per heavy atom. The van der Waals surface area contributed by atoms with Crippen molar-refractivity contribution in [1.29, 1.82) is 0 Å². The van der Waals surface area contributed by atoms with Gasteiger partial charge in [-0.1, -0.05) is 52.0 Å². The molecule has 7 nitrogen and oxygen atoms in total. The zero-order valence-corrected chi connectivity index (χ0v) is 15.8. The molecule has 1 N–H and O–H groups in total. The van der Waals surface area contributed by atoms with E-state index in [1.807, 2.05) is 38.1 Å². The Labute approximate surface area is 153 Å². The smallest absolute Gasteiger partial charge is 0.334 e. The van der Waals surface area contributed by atoms with Crippen LogP contribution in [0.3, 0.4) is 0 Å². The van der Waals surface area contributed by atoms with Crippen molar-refractivity contribution in [2.45, 2.75) is 39.7 Å². The van der Waals surface area contributed by atoms with E-state index in [9.17, 15) is 19.2 Å². The molecule has 0 unspecified atom stereocenters. The molecular formula is C19H25N3O4. The van der Waals surface area contributed by atoms with Gasteiger partial charge < -0.3 is 5.32 Å². The number of hydrogen-bond donors (Lipinski definition) is 1. The van der Waals surface area contributed by atoms with Crippen molar-refractivity contribution < 1.29 is 19.2 Å². The molecule has 140 valence electrons. The van der Waals surface area contributed by atoms with Gasteiger partial charge in [-0.05, 0) is 23.0 Å². The van der Waals surface area contributed by atoms with Crippen LogP contribution in [0.25, 0.3) is 0 Å². The van der Waals surface area contributed by atoms with Crippen molar-refractivity contribution in [1.82, 2.24) is 15.1 Å². The summed E-state index contributed by atoms with van der Waals surface area (Å²) < 4.78 is 0. The van der Waals surface area contributed by atoms with E-state index in [4.69, 9.17) is 0 Å². The van der Waals surface area contributed by atoms with E-state index in [1.165, 1.54) is 12.6 Å². The second-order valence-corrected chi connectivity index (χ2v) is 7.15. The number of hydrogen-bond acceptors (Lipinski definition) is 4. The summed E-state index contributed by atoms with van der Waals surface area (Å²) in [7, 11) is 1.22. The van der Waals surface area contributed by atoms with Gasteiger partial charge in [0, 0.05) is 7.05 Å². The van der Waals surface area contributed by atoms with Crippen LogP contribution >= 0.6 is 0 Å². The lowest BCUT2D eigenvalue weighted by atomic mass is 9.93. The number of nitrogens with one attached hydrogen (secondary N) is 1. The predicted octanol–water partition coefficient (Wildman–Crippen LogP) is 2.04. The minimum Gasteiger partial charge on any atom is -0.347 e. The van der Waals surface area contributed by atoms with Crippen LogP contribution in [-0.4, -0.2) is 47.1 Å². The molecule has 2 rings (SSSR count). The topological polar surface area (TPSA) is 86.8 Å². The fourth-order valence-electron chi connectivity index (χ4n) is 2.84. The lowest BCUT2D eigenvalue weighted by Gasteiger charge is -2.24. The molecule has 26 heavy (non-hydrogen) atoms. The van der Waals surface area contributed by atoms with Crippen LogP contribution in [0.2, 0.25) is 0 Å². The molecule has 1 heterocycles. The Morgan fingerprint density at radius 3 is 1.92 bits per heavy atom. The molecule has 0 saturated carbocycles. The monoisotopic (exact) mass is 359 g/mol. The molecule has 0 aromatic heterocycles. The molecule has 0 radical (unpaired) electrons. The Bertz CT molecular complexity index is 725. The highest BCUT2D eigenvalue weighted by atomic mass is 16.2. The van der Waals surface area contributed by atoms with Crippen molar-refractivity contribution >= 4 is 23.8 Å². The molecule has 5 amide bonds. The van der Waals surface area contributed by atoms with Crippen molar-refractivity contribution in [2.24, 2.45) is 5.92 Å². The minimum atomic E-state index is -0.977. The first kappa shape index (κ1) is 19.6. The van der Waals surface area contributed by atoms with Gasteiger partial charge in [-0.25, -0.2) is 9.69 Å². The summed E-state index contributed by atoms with van der Waals surface area (Å²) >= 11 is 0. The standard InChI is InChI=1S/C19H25N3O4/c1-11(2)13-6-8-14(9-7-13)16(12(3)4)20-15(23)10-22-18(25)17(24)21(5)19(22)26/h6-9,11-12,16H,10H2,1-5H3,(H,20,23)/t16-/m0/s1. The summed E-state index contributed by atoms with van der Waals surface area (Å²) in [5.41, 5.74) is 2.16. The maximum atomic E-state index is 12.4. The molecule has 1 aliphatic rings. The van der Waals surface area contributed by atoms with Gasteiger partial charge in [-0.2, -0.15) is 0 Å². The SMILES string of the molecule is CC(C)c1ccc([C@@H](NC(=O)CN2C(=O)C(=O)N(C)C2=O)C(C)C)cc1. The third-order valence-electron chi connectivity index (χ3n) is 4.50. The van der Waals surface area contributed by atoms with E-state index >= 15 is 0 Å². The summed E-state index contributed by atoms with van der Waals surface area (Å²) in [5.74, 6) is -1.86. The predicted molar refractivity (Wildman–Crippen MR) is 96.1 cm³/mol. The van der Waals surface area contributed by atoms with E-state index in [1.54, 1.807) is 0 Å². The number of carbonyl (C=O) groups is 4. The molecule has 1 fully saturated rings. The van der Waals surface area contributed by atoms with Gasteiger partial charge >= 0.3 is 17.8 Å². The van der Waals surface area contributed by atoms with Gasteiger partial charge in [0.15, 0.2) is 0 Å². The van der Waals surface area contributed by atoms with E-state index in [2.05, 4.69) is 19.2 Å². The summed E-state index contributed by atoms with van der Waals surface area (Å²) in [6, 6.07) is 6.97. The first-order valence-electron chi connectivity index (χ1n) is 8.66. The van der Waals surface area contributed by atoms with Crippen molar-refractivity contribution in [3.05, 3.63) is 35.4 Å². The zero-order valence-electron chi connectivity index (χ0n) is 15.8. The summed E-state index contributed by atoms with van der Waals surface area (Å²) in [6.45, 7) is 7.70. The minimum absolute atomic E-state index is 0.109. The molecule has 0 aliphatic carbocycles. The molecule has 1 aromatic rings. The van der Waals surface area contributed by atoms with Crippen LogP contribution < -0.4 is 5.32 Å². The van der Waals surface area contributed by atoms with E-state index in [0.29, 0.717) is 15.7 Å². The van der Waals surface area contributed by atoms with Crippen molar-refractivity contribution in [3.8, 4) is 0 Å². The molecule has 1 aromatic carbocycles.